The van der Waals surface area contributed by atoms with Crippen LogP contribution >= 0.6 is 11.3 Å². The number of sulfonamides is 1. The molecule has 0 saturated heterocycles. The molecule has 1 N–H and O–H groups in total. The van der Waals surface area contributed by atoms with E-state index in [-0.39, 0.29) is 5.91 Å². The highest BCUT2D eigenvalue weighted by molar-refractivity contribution is 7.94. The third-order valence-corrected chi connectivity index (χ3v) is 6.43. The van der Waals surface area contributed by atoms with Crippen molar-refractivity contribution in [2.24, 2.45) is 5.92 Å². The first-order valence-corrected chi connectivity index (χ1v) is 9.55. The molecule has 1 amide bonds. The van der Waals surface area contributed by atoms with E-state index < -0.39 is 10.0 Å². The van der Waals surface area contributed by atoms with Crippen LogP contribution in [0.15, 0.2) is 46.0 Å². The number of carbonyl (C=O) groups excluding carboxylic acids is 1. The first kappa shape index (κ1) is 17.5. The van der Waals surface area contributed by atoms with Gasteiger partial charge >= 0.3 is 0 Å². The van der Waals surface area contributed by atoms with E-state index in [1.165, 1.54) is 22.7 Å². The molecule has 0 atom stereocenters. The average Bonchev–Trinajstić information content (AvgIpc) is 3.07. The zero-order valence-electron chi connectivity index (χ0n) is 13.3. The highest BCUT2D eigenvalue weighted by Crippen LogP contribution is 2.25. The van der Waals surface area contributed by atoms with E-state index in [9.17, 15) is 13.2 Å². The number of nitrogens with zero attached hydrogens (tertiary/aromatic N) is 1. The molecule has 7 heteroatoms. The Labute approximate surface area is 141 Å². The molecular weight excluding hydrogens is 332 g/mol. The summed E-state index contributed by atoms with van der Waals surface area (Å²) in [6, 6.07) is 9.81. The number of benzene rings is 1. The van der Waals surface area contributed by atoms with Gasteiger partial charge in [-0.05, 0) is 41.6 Å². The fraction of sp³-hybridized carbons (Fsp3) is 0.312. The Balaban J connectivity index is 2.15. The molecule has 1 aromatic heterocycles. The fourth-order valence-corrected chi connectivity index (χ4v) is 4.26. The van der Waals surface area contributed by atoms with E-state index in [0.717, 1.165) is 0 Å². The molecule has 5 nitrogen and oxygen atoms in total. The largest absolute Gasteiger partial charge is 0.352 e. The molecule has 0 bridgehead atoms. The summed E-state index contributed by atoms with van der Waals surface area (Å²) in [7, 11) is -2.05. The van der Waals surface area contributed by atoms with E-state index >= 15 is 0 Å². The van der Waals surface area contributed by atoms with Crippen LogP contribution in [0.5, 0.6) is 0 Å². The van der Waals surface area contributed by atoms with Crippen molar-refractivity contribution in [2.45, 2.75) is 18.1 Å². The van der Waals surface area contributed by atoms with E-state index in [2.05, 4.69) is 5.32 Å². The van der Waals surface area contributed by atoms with E-state index in [4.69, 9.17) is 0 Å². The average molecular weight is 352 g/mol. The Morgan fingerprint density at radius 2 is 1.87 bits per heavy atom. The molecule has 0 aliphatic rings. The number of hydrogen-bond donors (Lipinski definition) is 1. The van der Waals surface area contributed by atoms with Gasteiger partial charge in [-0.2, -0.15) is 0 Å². The van der Waals surface area contributed by atoms with Gasteiger partial charge in [-0.25, -0.2) is 8.42 Å². The van der Waals surface area contributed by atoms with Gasteiger partial charge in [0, 0.05) is 19.2 Å². The molecule has 0 aliphatic heterocycles. The molecule has 0 spiro atoms. The van der Waals surface area contributed by atoms with E-state index in [1.807, 2.05) is 13.8 Å². The molecule has 0 saturated carbocycles. The fourth-order valence-electron chi connectivity index (χ4n) is 1.91. The lowest BCUT2D eigenvalue weighted by molar-refractivity contribution is 0.0949. The van der Waals surface area contributed by atoms with Crippen molar-refractivity contribution in [3.05, 3.63) is 47.3 Å². The first-order valence-electron chi connectivity index (χ1n) is 7.23. The predicted molar refractivity (Wildman–Crippen MR) is 93.5 cm³/mol. The molecule has 2 aromatic rings. The minimum Gasteiger partial charge on any atom is -0.352 e. The zero-order valence-corrected chi connectivity index (χ0v) is 14.9. The van der Waals surface area contributed by atoms with Crippen molar-refractivity contribution in [3.8, 4) is 0 Å². The summed E-state index contributed by atoms with van der Waals surface area (Å²) in [6.07, 6.45) is 0. The molecule has 1 heterocycles. The summed E-state index contributed by atoms with van der Waals surface area (Å²) in [5, 5.41) is 4.56. The van der Waals surface area contributed by atoms with Gasteiger partial charge in [0.2, 0.25) is 0 Å². The van der Waals surface area contributed by atoms with Gasteiger partial charge in [0.1, 0.15) is 4.21 Å². The van der Waals surface area contributed by atoms with Gasteiger partial charge in [0.15, 0.2) is 0 Å². The standard InChI is InChI=1S/C16H20N2O3S2/c1-12(2)11-17-16(19)13-6-8-14(9-7-13)18(3)23(20,21)15-5-4-10-22-15/h4-10,12H,11H2,1-3H3,(H,17,19). The molecule has 124 valence electrons. The lowest BCUT2D eigenvalue weighted by Crippen LogP contribution is -2.28. The summed E-state index contributed by atoms with van der Waals surface area (Å²) in [5.74, 6) is 0.217. The lowest BCUT2D eigenvalue weighted by Gasteiger charge is -2.18. The van der Waals surface area contributed by atoms with Crippen LogP contribution in [-0.2, 0) is 10.0 Å². The molecule has 0 aliphatic carbocycles. The van der Waals surface area contributed by atoms with Gasteiger partial charge in [-0.3, -0.25) is 9.10 Å². The summed E-state index contributed by atoms with van der Waals surface area (Å²) in [6.45, 7) is 4.65. The van der Waals surface area contributed by atoms with Crippen molar-refractivity contribution >= 4 is 33.0 Å². The van der Waals surface area contributed by atoms with Gasteiger partial charge in [0.25, 0.3) is 15.9 Å². The molecular formula is C16H20N2O3S2. The number of nitrogens with one attached hydrogen (secondary N) is 1. The van der Waals surface area contributed by atoms with Crippen LogP contribution in [0.1, 0.15) is 24.2 Å². The van der Waals surface area contributed by atoms with Crippen molar-refractivity contribution in [1.29, 1.82) is 0 Å². The second-order valence-corrected chi connectivity index (χ2v) is 8.70. The third-order valence-electron chi connectivity index (χ3n) is 3.27. The molecule has 2 rings (SSSR count). The first-order chi connectivity index (χ1) is 10.8. The second-order valence-electron chi connectivity index (χ2n) is 5.56. The van der Waals surface area contributed by atoms with Crippen LogP contribution in [-0.4, -0.2) is 27.9 Å². The number of carbonyl (C=O) groups is 1. The van der Waals surface area contributed by atoms with Gasteiger partial charge < -0.3 is 5.32 Å². The zero-order chi connectivity index (χ0) is 17.0. The van der Waals surface area contributed by atoms with Gasteiger partial charge in [0.05, 0.1) is 5.69 Å². The smallest absolute Gasteiger partial charge is 0.273 e. The Morgan fingerprint density at radius 3 is 2.39 bits per heavy atom. The van der Waals surface area contributed by atoms with Crippen LogP contribution in [0, 0.1) is 5.92 Å². The van der Waals surface area contributed by atoms with E-state index in [0.29, 0.717) is 27.9 Å². The van der Waals surface area contributed by atoms with E-state index in [1.54, 1.807) is 41.8 Å². The lowest BCUT2D eigenvalue weighted by atomic mass is 10.1. The van der Waals surface area contributed by atoms with Crippen molar-refractivity contribution in [1.82, 2.24) is 5.32 Å². The number of thiophene rings is 1. The van der Waals surface area contributed by atoms with Crippen LogP contribution in [0.3, 0.4) is 0 Å². The van der Waals surface area contributed by atoms with Crippen molar-refractivity contribution in [2.75, 3.05) is 17.9 Å². The summed E-state index contributed by atoms with van der Waals surface area (Å²) in [5.41, 5.74) is 1.02. The Hall–Kier alpha value is -1.86. The summed E-state index contributed by atoms with van der Waals surface area (Å²) in [4.78, 5) is 12.0. The van der Waals surface area contributed by atoms with Gasteiger partial charge in [-0.1, -0.05) is 19.9 Å². The van der Waals surface area contributed by atoms with Gasteiger partial charge in [-0.15, -0.1) is 11.3 Å². The minimum absolute atomic E-state index is 0.158. The molecule has 0 unspecified atom stereocenters. The number of anilines is 1. The van der Waals surface area contributed by atoms with Crippen LogP contribution in [0.2, 0.25) is 0 Å². The maximum Gasteiger partial charge on any atom is 0.273 e. The second kappa shape index (κ2) is 7.14. The summed E-state index contributed by atoms with van der Waals surface area (Å²) >= 11 is 1.18. The number of rotatable bonds is 6. The van der Waals surface area contributed by atoms with Crippen LogP contribution in [0.25, 0.3) is 0 Å². The van der Waals surface area contributed by atoms with Crippen molar-refractivity contribution < 1.29 is 13.2 Å². The molecule has 1 aromatic carbocycles. The third kappa shape index (κ3) is 4.11. The monoisotopic (exact) mass is 352 g/mol. The highest BCUT2D eigenvalue weighted by Gasteiger charge is 2.22. The minimum atomic E-state index is -3.55. The normalized spacial score (nSPS) is 11.5. The topological polar surface area (TPSA) is 66.5 Å². The highest BCUT2D eigenvalue weighted by atomic mass is 32.2. The van der Waals surface area contributed by atoms with Crippen LogP contribution < -0.4 is 9.62 Å². The number of amides is 1. The maximum atomic E-state index is 12.4. The quantitative estimate of drug-likeness (QED) is 0.869. The predicted octanol–water partition coefficient (Wildman–Crippen LogP) is 2.96. The number of hydrogen-bond acceptors (Lipinski definition) is 4. The molecule has 23 heavy (non-hydrogen) atoms. The summed E-state index contributed by atoms with van der Waals surface area (Å²) < 4.78 is 26.4. The Kier molecular flexibility index (Phi) is 5.43. The SMILES string of the molecule is CC(C)CNC(=O)c1ccc(N(C)S(=O)(=O)c2cccs2)cc1. The van der Waals surface area contributed by atoms with Crippen LogP contribution in [0.4, 0.5) is 5.69 Å². The Morgan fingerprint density at radius 1 is 1.22 bits per heavy atom. The molecule has 0 fully saturated rings. The maximum absolute atomic E-state index is 12.4. The molecule has 0 radical (unpaired) electrons. The van der Waals surface area contributed by atoms with Crippen molar-refractivity contribution in [3.63, 3.8) is 0 Å². The Bertz CT molecular complexity index is 751.